The minimum absolute atomic E-state index is 0.0688. The van der Waals surface area contributed by atoms with Crippen molar-refractivity contribution in [2.75, 3.05) is 12.1 Å². The predicted molar refractivity (Wildman–Crippen MR) is 77.7 cm³/mol. The van der Waals surface area contributed by atoms with Gasteiger partial charge in [0.2, 0.25) is 5.91 Å². The molecule has 0 aliphatic heterocycles. The van der Waals surface area contributed by atoms with Crippen LogP contribution in [0.4, 0.5) is 10.1 Å². The van der Waals surface area contributed by atoms with Crippen molar-refractivity contribution in [1.29, 1.82) is 0 Å². The normalized spacial score (nSPS) is 10.1. The molecule has 0 aromatic heterocycles. The molecule has 0 spiro atoms. The molecule has 0 unspecified atom stereocenters. The van der Waals surface area contributed by atoms with Crippen LogP contribution in [0.15, 0.2) is 54.6 Å². The molecule has 0 radical (unpaired) electrons. The smallest absolute Gasteiger partial charge is 0.238 e. The van der Waals surface area contributed by atoms with Crippen molar-refractivity contribution in [3.63, 3.8) is 0 Å². The number of halogens is 1. The SMILES string of the molecule is CN(NC(=O)CCc1ccc(F)cc1)c1ccccc1. The second-order valence-electron chi connectivity index (χ2n) is 4.56. The zero-order chi connectivity index (χ0) is 14.4. The topological polar surface area (TPSA) is 32.3 Å². The van der Waals surface area contributed by atoms with Gasteiger partial charge < -0.3 is 0 Å². The predicted octanol–water partition coefficient (Wildman–Crippen LogP) is 2.93. The van der Waals surface area contributed by atoms with Gasteiger partial charge in [0.05, 0.1) is 5.69 Å². The Hall–Kier alpha value is -2.36. The van der Waals surface area contributed by atoms with Gasteiger partial charge in [0, 0.05) is 13.5 Å². The summed E-state index contributed by atoms with van der Waals surface area (Å²) in [7, 11) is 1.80. The van der Waals surface area contributed by atoms with Crippen LogP contribution >= 0.6 is 0 Å². The Kier molecular flexibility index (Phi) is 4.71. The minimum Gasteiger partial charge on any atom is -0.289 e. The van der Waals surface area contributed by atoms with Crippen molar-refractivity contribution in [2.24, 2.45) is 0 Å². The van der Waals surface area contributed by atoms with Gasteiger partial charge in [-0.1, -0.05) is 30.3 Å². The van der Waals surface area contributed by atoms with Crippen LogP contribution in [0.2, 0.25) is 0 Å². The van der Waals surface area contributed by atoms with E-state index in [9.17, 15) is 9.18 Å². The van der Waals surface area contributed by atoms with Crippen LogP contribution in [0.1, 0.15) is 12.0 Å². The Morgan fingerprint density at radius 1 is 1.10 bits per heavy atom. The first-order valence-corrected chi connectivity index (χ1v) is 6.48. The lowest BCUT2D eigenvalue weighted by molar-refractivity contribution is -0.121. The van der Waals surface area contributed by atoms with Crippen LogP contribution in [0.5, 0.6) is 0 Å². The summed E-state index contributed by atoms with van der Waals surface area (Å²) in [5.74, 6) is -0.331. The first-order valence-electron chi connectivity index (χ1n) is 6.48. The quantitative estimate of drug-likeness (QED) is 0.849. The lowest BCUT2D eigenvalue weighted by atomic mass is 10.1. The van der Waals surface area contributed by atoms with Gasteiger partial charge in [-0.3, -0.25) is 15.2 Å². The molecule has 0 atom stereocenters. The molecule has 4 heteroatoms. The van der Waals surface area contributed by atoms with Crippen LogP contribution in [0.3, 0.4) is 0 Å². The molecule has 0 bridgehead atoms. The van der Waals surface area contributed by atoms with E-state index in [0.717, 1.165) is 11.3 Å². The van der Waals surface area contributed by atoms with Gasteiger partial charge in [-0.05, 0) is 36.2 Å². The number of anilines is 1. The highest BCUT2D eigenvalue weighted by Gasteiger charge is 2.06. The van der Waals surface area contributed by atoms with E-state index < -0.39 is 0 Å². The lowest BCUT2D eigenvalue weighted by Crippen LogP contribution is -2.39. The molecule has 0 saturated carbocycles. The molecule has 3 nitrogen and oxygen atoms in total. The van der Waals surface area contributed by atoms with Crippen LogP contribution in [0.25, 0.3) is 0 Å². The molecule has 1 N–H and O–H groups in total. The fourth-order valence-electron chi connectivity index (χ4n) is 1.87. The monoisotopic (exact) mass is 272 g/mol. The summed E-state index contributed by atoms with van der Waals surface area (Å²) in [4.78, 5) is 11.8. The molecule has 0 saturated heterocycles. The second-order valence-corrected chi connectivity index (χ2v) is 4.56. The highest BCUT2D eigenvalue weighted by molar-refractivity contribution is 5.78. The number of amides is 1. The van der Waals surface area contributed by atoms with Gasteiger partial charge in [-0.2, -0.15) is 0 Å². The molecule has 0 fully saturated rings. The van der Waals surface area contributed by atoms with Gasteiger partial charge in [-0.15, -0.1) is 0 Å². The van der Waals surface area contributed by atoms with E-state index in [2.05, 4.69) is 5.43 Å². The molecule has 2 rings (SSSR count). The number of carbonyl (C=O) groups is 1. The Balaban J connectivity index is 1.82. The van der Waals surface area contributed by atoms with Crippen LogP contribution < -0.4 is 10.4 Å². The summed E-state index contributed by atoms with van der Waals surface area (Å²) < 4.78 is 12.8. The summed E-state index contributed by atoms with van der Waals surface area (Å²) in [6, 6.07) is 15.8. The fraction of sp³-hybridized carbons (Fsp3) is 0.188. The number of nitrogens with one attached hydrogen (secondary N) is 1. The Bertz CT molecular complexity index is 554. The number of hydrogen-bond donors (Lipinski definition) is 1. The Morgan fingerprint density at radius 3 is 2.40 bits per heavy atom. The lowest BCUT2D eigenvalue weighted by Gasteiger charge is -2.20. The number of benzene rings is 2. The van der Waals surface area contributed by atoms with Gasteiger partial charge in [0.15, 0.2) is 0 Å². The summed E-state index contributed by atoms with van der Waals surface area (Å²) in [5, 5.41) is 1.69. The van der Waals surface area contributed by atoms with Crippen LogP contribution in [-0.2, 0) is 11.2 Å². The largest absolute Gasteiger partial charge is 0.289 e. The molecule has 2 aromatic rings. The number of hydrogen-bond acceptors (Lipinski definition) is 2. The number of carbonyl (C=O) groups excluding carboxylic acids is 1. The van der Waals surface area contributed by atoms with Crippen molar-refractivity contribution < 1.29 is 9.18 Å². The molecule has 0 aliphatic rings. The molecule has 0 heterocycles. The van der Waals surface area contributed by atoms with Crippen molar-refractivity contribution in [1.82, 2.24) is 5.43 Å². The highest BCUT2D eigenvalue weighted by Crippen LogP contribution is 2.09. The summed E-state index contributed by atoms with van der Waals surface area (Å²) >= 11 is 0. The van der Waals surface area contributed by atoms with E-state index >= 15 is 0 Å². The average molecular weight is 272 g/mol. The van der Waals surface area contributed by atoms with Gasteiger partial charge in [0.1, 0.15) is 5.82 Å². The number of rotatable bonds is 5. The van der Waals surface area contributed by atoms with Crippen molar-refractivity contribution in [2.45, 2.75) is 12.8 Å². The Morgan fingerprint density at radius 2 is 1.75 bits per heavy atom. The van der Waals surface area contributed by atoms with Gasteiger partial charge in [0.25, 0.3) is 0 Å². The van der Waals surface area contributed by atoms with Crippen LogP contribution in [-0.4, -0.2) is 13.0 Å². The third-order valence-electron chi connectivity index (χ3n) is 2.99. The van der Waals surface area contributed by atoms with Crippen molar-refractivity contribution in [3.8, 4) is 0 Å². The number of nitrogens with zero attached hydrogens (tertiary/aromatic N) is 1. The van der Waals surface area contributed by atoms with E-state index in [1.807, 2.05) is 30.3 Å². The van der Waals surface area contributed by atoms with E-state index in [4.69, 9.17) is 0 Å². The maximum absolute atomic E-state index is 12.8. The highest BCUT2D eigenvalue weighted by atomic mass is 19.1. The maximum Gasteiger partial charge on any atom is 0.238 e. The third-order valence-corrected chi connectivity index (χ3v) is 2.99. The molecular weight excluding hydrogens is 255 g/mol. The van der Waals surface area contributed by atoms with E-state index in [0.29, 0.717) is 12.8 Å². The molecule has 2 aromatic carbocycles. The van der Waals surface area contributed by atoms with Crippen LogP contribution in [0, 0.1) is 5.82 Å². The molecule has 1 amide bonds. The standard InChI is InChI=1S/C16H17FN2O/c1-19(15-5-3-2-4-6-15)18-16(20)12-9-13-7-10-14(17)11-8-13/h2-8,10-11H,9,12H2,1H3,(H,18,20). The molecule has 104 valence electrons. The van der Waals surface area contributed by atoms with Crippen molar-refractivity contribution >= 4 is 11.6 Å². The van der Waals surface area contributed by atoms with Crippen molar-refractivity contribution in [3.05, 3.63) is 66.0 Å². The zero-order valence-corrected chi connectivity index (χ0v) is 11.3. The van der Waals surface area contributed by atoms with E-state index in [-0.39, 0.29) is 11.7 Å². The minimum atomic E-state index is -0.262. The third kappa shape index (κ3) is 4.09. The second kappa shape index (κ2) is 6.70. The average Bonchev–Trinajstić information content (AvgIpc) is 2.47. The number of aryl methyl sites for hydroxylation is 1. The first kappa shape index (κ1) is 14.1. The van der Waals surface area contributed by atoms with Gasteiger partial charge >= 0.3 is 0 Å². The summed E-state index contributed by atoms with van der Waals surface area (Å²) in [6.45, 7) is 0. The van der Waals surface area contributed by atoms with E-state index in [1.54, 1.807) is 24.2 Å². The molecule has 0 aliphatic carbocycles. The maximum atomic E-state index is 12.8. The zero-order valence-electron chi connectivity index (χ0n) is 11.3. The summed E-state index contributed by atoms with van der Waals surface area (Å²) in [6.07, 6.45) is 0.956. The van der Waals surface area contributed by atoms with Gasteiger partial charge in [-0.25, -0.2) is 4.39 Å². The number of para-hydroxylation sites is 1. The van der Waals surface area contributed by atoms with E-state index in [1.165, 1.54) is 12.1 Å². The Labute approximate surface area is 118 Å². The fourth-order valence-corrected chi connectivity index (χ4v) is 1.87. The summed E-state index contributed by atoms with van der Waals surface area (Å²) in [5.41, 5.74) is 4.67. The first-order chi connectivity index (χ1) is 9.65. The molecule has 20 heavy (non-hydrogen) atoms. The molecular formula is C16H17FN2O. The number of hydrazine groups is 1.